The van der Waals surface area contributed by atoms with Crippen molar-refractivity contribution in [2.45, 2.75) is 25.9 Å². The summed E-state index contributed by atoms with van der Waals surface area (Å²) in [4.78, 5) is 14.8. The van der Waals surface area contributed by atoms with Crippen molar-refractivity contribution in [3.05, 3.63) is 48.6 Å². The maximum absolute atomic E-state index is 5.27. The van der Waals surface area contributed by atoms with Crippen molar-refractivity contribution >= 4 is 0 Å². The smallest absolute Gasteiger partial charge is 0.241 e. The average molecular weight is 299 g/mol. The van der Waals surface area contributed by atoms with E-state index in [1.807, 2.05) is 7.05 Å². The molecule has 0 radical (unpaired) electrons. The van der Waals surface area contributed by atoms with E-state index in [0.717, 1.165) is 12.1 Å². The molecule has 0 aliphatic heterocycles. The van der Waals surface area contributed by atoms with Crippen molar-refractivity contribution in [1.29, 1.82) is 0 Å². The Bertz CT molecular complexity index is 696. The van der Waals surface area contributed by atoms with Gasteiger partial charge in [0, 0.05) is 31.1 Å². The summed E-state index contributed by atoms with van der Waals surface area (Å²) in [5.41, 5.74) is 0.962. The monoisotopic (exact) mass is 299 g/mol. The molecule has 0 saturated heterocycles. The van der Waals surface area contributed by atoms with Crippen molar-refractivity contribution in [1.82, 2.24) is 25.0 Å². The molecule has 0 amide bonds. The van der Waals surface area contributed by atoms with Crippen LogP contribution < -0.4 is 0 Å². The average Bonchev–Trinajstić information content (AvgIpc) is 3.19. The fourth-order valence-corrected chi connectivity index (χ4v) is 2.09. The van der Waals surface area contributed by atoms with Crippen LogP contribution in [0.15, 0.2) is 45.9 Å². The normalized spacial score (nSPS) is 12.7. The first kappa shape index (κ1) is 14.4. The van der Waals surface area contributed by atoms with E-state index < -0.39 is 0 Å². The molecule has 0 aliphatic rings. The number of likely N-dealkylation sites (N-methyl/N-ethyl adjacent to an activating group) is 1. The van der Waals surface area contributed by atoms with Crippen molar-refractivity contribution in [2.24, 2.45) is 0 Å². The van der Waals surface area contributed by atoms with Gasteiger partial charge in [0.15, 0.2) is 5.76 Å². The second kappa shape index (κ2) is 6.48. The molecule has 3 aromatic rings. The summed E-state index contributed by atoms with van der Waals surface area (Å²) in [6, 6.07) is 3.87. The molecule has 3 heterocycles. The molecule has 0 bridgehead atoms. The lowest BCUT2D eigenvalue weighted by molar-refractivity contribution is 0.212. The zero-order valence-electron chi connectivity index (χ0n) is 12.5. The molecular weight excluding hydrogens is 282 g/mol. The van der Waals surface area contributed by atoms with Crippen LogP contribution in [-0.2, 0) is 13.0 Å². The molecule has 0 aliphatic carbocycles. The highest BCUT2D eigenvalue weighted by Crippen LogP contribution is 2.17. The number of hydrogen-bond acceptors (Lipinski definition) is 7. The Labute approximate surface area is 128 Å². The quantitative estimate of drug-likeness (QED) is 0.690. The summed E-state index contributed by atoms with van der Waals surface area (Å²) in [7, 11) is 2.01. The Balaban J connectivity index is 1.60. The van der Waals surface area contributed by atoms with Crippen LogP contribution in [0, 0.1) is 0 Å². The summed E-state index contributed by atoms with van der Waals surface area (Å²) in [5, 5.41) is 3.93. The molecule has 0 unspecified atom stereocenters. The van der Waals surface area contributed by atoms with Crippen molar-refractivity contribution < 1.29 is 8.94 Å². The van der Waals surface area contributed by atoms with E-state index in [-0.39, 0.29) is 6.04 Å². The lowest BCUT2D eigenvalue weighted by atomic mass is 10.1. The van der Waals surface area contributed by atoms with Gasteiger partial charge in [0.05, 0.1) is 18.5 Å². The van der Waals surface area contributed by atoms with Crippen molar-refractivity contribution in [3.63, 3.8) is 0 Å². The van der Waals surface area contributed by atoms with Gasteiger partial charge in [-0.15, -0.1) is 0 Å². The minimum Gasteiger partial charge on any atom is -0.461 e. The van der Waals surface area contributed by atoms with Crippen LogP contribution in [0.4, 0.5) is 0 Å². The molecule has 114 valence electrons. The van der Waals surface area contributed by atoms with E-state index in [1.54, 1.807) is 37.0 Å². The minimum atomic E-state index is 0.274. The summed E-state index contributed by atoms with van der Waals surface area (Å²) >= 11 is 0. The van der Waals surface area contributed by atoms with Gasteiger partial charge in [0.1, 0.15) is 0 Å². The van der Waals surface area contributed by atoms with E-state index >= 15 is 0 Å². The minimum absolute atomic E-state index is 0.274. The first-order chi connectivity index (χ1) is 10.7. The van der Waals surface area contributed by atoms with Gasteiger partial charge in [-0.1, -0.05) is 5.16 Å². The van der Waals surface area contributed by atoms with Crippen LogP contribution in [0.5, 0.6) is 0 Å². The molecular formula is C15H17N5O2. The standard InChI is InChI=1S/C15H17N5O2/c1-11(8-12-9-16-5-6-17-12)20(2)10-14-18-15(19-22-14)13-4-3-7-21-13/h3-7,9,11H,8,10H2,1-2H3/t11-/m1/s1. The molecule has 1 atom stereocenters. The fourth-order valence-electron chi connectivity index (χ4n) is 2.09. The maximum atomic E-state index is 5.27. The lowest BCUT2D eigenvalue weighted by Crippen LogP contribution is -2.30. The molecule has 7 heteroatoms. The highest BCUT2D eigenvalue weighted by Gasteiger charge is 2.16. The molecule has 0 spiro atoms. The Kier molecular flexibility index (Phi) is 4.24. The molecule has 3 rings (SSSR count). The van der Waals surface area contributed by atoms with Gasteiger partial charge in [-0.2, -0.15) is 4.98 Å². The second-order valence-electron chi connectivity index (χ2n) is 5.15. The zero-order chi connectivity index (χ0) is 15.4. The van der Waals surface area contributed by atoms with Gasteiger partial charge < -0.3 is 8.94 Å². The second-order valence-corrected chi connectivity index (χ2v) is 5.15. The van der Waals surface area contributed by atoms with Crippen LogP contribution in [0.2, 0.25) is 0 Å². The number of furan rings is 1. The SMILES string of the molecule is C[C@H](Cc1cnccn1)N(C)Cc1nc(-c2ccco2)no1. The maximum Gasteiger partial charge on any atom is 0.241 e. The van der Waals surface area contributed by atoms with E-state index in [1.165, 1.54) is 0 Å². The summed E-state index contributed by atoms with van der Waals surface area (Å²) in [6.07, 6.45) is 7.55. The van der Waals surface area contributed by atoms with Gasteiger partial charge in [-0.05, 0) is 26.1 Å². The number of nitrogens with zero attached hydrogens (tertiary/aromatic N) is 5. The third-order valence-electron chi connectivity index (χ3n) is 3.47. The number of aromatic nitrogens is 4. The molecule has 0 fully saturated rings. The van der Waals surface area contributed by atoms with Crippen molar-refractivity contribution in [3.8, 4) is 11.6 Å². The zero-order valence-corrected chi connectivity index (χ0v) is 12.5. The molecule has 0 N–H and O–H groups in total. The lowest BCUT2D eigenvalue weighted by Gasteiger charge is -2.22. The molecule has 3 aromatic heterocycles. The van der Waals surface area contributed by atoms with Gasteiger partial charge in [0.2, 0.25) is 11.7 Å². The Hall–Kier alpha value is -2.54. The van der Waals surface area contributed by atoms with E-state index in [2.05, 4.69) is 31.9 Å². The first-order valence-electron chi connectivity index (χ1n) is 7.04. The highest BCUT2D eigenvalue weighted by atomic mass is 16.5. The summed E-state index contributed by atoms with van der Waals surface area (Å²) in [5.74, 6) is 1.63. The first-order valence-corrected chi connectivity index (χ1v) is 7.04. The largest absolute Gasteiger partial charge is 0.461 e. The van der Waals surface area contributed by atoms with Crippen LogP contribution in [0.1, 0.15) is 18.5 Å². The number of rotatable bonds is 6. The molecule has 22 heavy (non-hydrogen) atoms. The van der Waals surface area contributed by atoms with Crippen LogP contribution in [0.3, 0.4) is 0 Å². The molecule has 0 saturated carbocycles. The topological polar surface area (TPSA) is 81.1 Å². The Morgan fingerprint density at radius 2 is 2.23 bits per heavy atom. The van der Waals surface area contributed by atoms with E-state index in [4.69, 9.17) is 8.94 Å². The number of hydrogen-bond donors (Lipinski definition) is 0. The van der Waals surface area contributed by atoms with Gasteiger partial charge in [-0.25, -0.2) is 0 Å². The Morgan fingerprint density at radius 3 is 2.95 bits per heavy atom. The third kappa shape index (κ3) is 3.37. The summed E-state index contributed by atoms with van der Waals surface area (Å²) < 4.78 is 10.5. The van der Waals surface area contributed by atoms with Gasteiger partial charge in [0.25, 0.3) is 0 Å². The predicted octanol–water partition coefficient (Wildman–Crippen LogP) is 2.18. The molecule has 0 aromatic carbocycles. The summed E-state index contributed by atoms with van der Waals surface area (Å²) in [6.45, 7) is 2.69. The predicted molar refractivity (Wildman–Crippen MR) is 78.7 cm³/mol. The van der Waals surface area contributed by atoms with Crippen molar-refractivity contribution in [2.75, 3.05) is 7.05 Å². The van der Waals surface area contributed by atoms with Gasteiger partial charge >= 0.3 is 0 Å². The van der Waals surface area contributed by atoms with E-state index in [0.29, 0.717) is 24.0 Å². The van der Waals surface area contributed by atoms with Crippen LogP contribution >= 0.6 is 0 Å². The van der Waals surface area contributed by atoms with Gasteiger partial charge in [-0.3, -0.25) is 14.9 Å². The molecule has 7 nitrogen and oxygen atoms in total. The fraction of sp³-hybridized carbons (Fsp3) is 0.333. The third-order valence-corrected chi connectivity index (χ3v) is 3.47. The van der Waals surface area contributed by atoms with Crippen LogP contribution in [-0.4, -0.2) is 38.1 Å². The van der Waals surface area contributed by atoms with E-state index in [9.17, 15) is 0 Å². The Morgan fingerprint density at radius 1 is 1.32 bits per heavy atom. The van der Waals surface area contributed by atoms with Crippen LogP contribution in [0.25, 0.3) is 11.6 Å². The highest BCUT2D eigenvalue weighted by molar-refractivity contribution is 5.44.